The van der Waals surface area contributed by atoms with Crippen LogP contribution in [-0.4, -0.2) is 30.7 Å². The standard InChI is InChI=1S/C10H20N2O2S/c1-3-8(2)6-11-10(14)7-12-9(13)4-5-15/h8,15H,3-7H2,1-2H3,(H,11,14)(H,12,13). The summed E-state index contributed by atoms with van der Waals surface area (Å²) in [6.45, 7) is 4.87. The van der Waals surface area contributed by atoms with Gasteiger partial charge in [0.25, 0.3) is 0 Å². The summed E-state index contributed by atoms with van der Waals surface area (Å²) in [5.41, 5.74) is 0. The molecule has 2 amide bonds. The number of thiol groups is 1. The van der Waals surface area contributed by atoms with Crippen molar-refractivity contribution >= 4 is 24.4 Å². The number of rotatable bonds is 7. The van der Waals surface area contributed by atoms with E-state index >= 15 is 0 Å². The topological polar surface area (TPSA) is 58.2 Å². The van der Waals surface area contributed by atoms with E-state index in [4.69, 9.17) is 0 Å². The Balaban J connectivity index is 3.53. The Bertz CT molecular complexity index is 210. The highest BCUT2D eigenvalue weighted by atomic mass is 32.1. The minimum Gasteiger partial charge on any atom is -0.354 e. The Morgan fingerprint density at radius 1 is 1.27 bits per heavy atom. The van der Waals surface area contributed by atoms with Crippen LogP contribution in [0.2, 0.25) is 0 Å². The second-order valence-corrected chi connectivity index (χ2v) is 4.02. The average molecular weight is 232 g/mol. The van der Waals surface area contributed by atoms with Crippen LogP contribution < -0.4 is 10.6 Å². The second-order valence-electron chi connectivity index (χ2n) is 3.57. The van der Waals surface area contributed by atoms with Gasteiger partial charge in [0.2, 0.25) is 11.8 Å². The van der Waals surface area contributed by atoms with Crippen molar-refractivity contribution in [3.05, 3.63) is 0 Å². The fourth-order valence-corrected chi connectivity index (χ4v) is 1.07. The van der Waals surface area contributed by atoms with Crippen molar-refractivity contribution in [2.75, 3.05) is 18.8 Å². The molecule has 5 heteroatoms. The maximum absolute atomic E-state index is 11.2. The lowest BCUT2D eigenvalue weighted by Gasteiger charge is -2.10. The summed E-state index contributed by atoms with van der Waals surface area (Å²) < 4.78 is 0. The van der Waals surface area contributed by atoms with Gasteiger partial charge in [0, 0.05) is 13.0 Å². The van der Waals surface area contributed by atoms with Gasteiger partial charge in [-0.15, -0.1) is 0 Å². The first kappa shape index (κ1) is 14.3. The molecular weight excluding hydrogens is 212 g/mol. The summed E-state index contributed by atoms with van der Waals surface area (Å²) in [5, 5.41) is 5.28. The molecule has 88 valence electrons. The molecule has 0 bridgehead atoms. The highest BCUT2D eigenvalue weighted by molar-refractivity contribution is 7.80. The molecule has 0 aromatic rings. The molecule has 0 aliphatic rings. The Hall–Kier alpha value is -0.710. The van der Waals surface area contributed by atoms with Crippen LogP contribution in [0, 0.1) is 5.92 Å². The fraction of sp³-hybridized carbons (Fsp3) is 0.800. The number of nitrogens with one attached hydrogen (secondary N) is 2. The number of hydrogen-bond acceptors (Lipinski definition) is 3. The minimum absolute atomic E-state index is 0.0586. The first-order valence-electron chi connectivity index (χ1n) is 5.24. The Kier molecular flexibility index (Phi) is 8.18. The summed E-state index contributed by atoms with van der Waals surface area (Å²) >= 11 is 3.92. The van der Waals surface area contributed by atoms with E-state index in [0.717, 1.165) is 6.42 Å². The van der Waals surface area contributed by atoms with E-state index in [1.54, 1.807) is 0 Å². The van der Waals surface area contributed by atoms with E-state index < -0.39 is 0 Å². The molecule has 0 fully saturated rings. The van der Waals surface area contributed by atoms with Crippen molar-refractivity contribution in [3.8, 4) is 0 Å². The zero-order chi connectivity index (χ0) is 11.7. The van der Waals surface area contributed by atoms with Crippen molar-refractivity contribution in [1.82, 2.24) is 10.6 Å². The molecule has 0 rings (SSSR count). The molecule has 2 N–H and O–H groups in total. The van der Waals surface area contributed by atoms with E-state index in [0.29, 0.717) is 24.6 Å². The molecule has 0 heterocycles. The number of carbonyl (C=O) groups is 2. The lowest BCUT2D eigenvalue weighted by molar-refractivity contribution is -0.125. The average Bonchev–Trinajstić information content (AvgIpc) is 2.23. The van der Waals surface area contributed by atoms with Gasteiger partial charge in [0.15, 0.2) is 0 Å². The highest BCUT2D eigenvalue weighted by Crippen LogP contribution is 1.96. The van der Waals surface area contributed by atoms with E-state index in [1.165, 1.54) is 0 Å². The lowest BCUT2D eigenvalue weighted by atomic mass is 10.1. The SMILES string of the molecule is CCC(C)CNC(=O)CNC(=O)CCS. The molecule has 1 unspecified atom stereocenters. The number of amides is 2. The molecule has 0 radical (unpaired) electrons. The quantitative estimate of drug-likeness (QED) is 0.563. The van der Waals surface area contributed by atoms with Crippen LogP contribution in [-0.2, 0) is 9.59 Å². The van der Waals surface area contributed by atoms with Gasteiger partial charge in [-0.2, -0.15) is 12.6 Å². The predicted octanol–water partition coefficient (Wildman–Crippen LogP) is 0.585. The Morgan fingerprint density at radius 2 is 1.93 bits per heavy atom. The Labute approximate surface area is 96.6 Å². The molecular formula is C10H20N2O2S. The Morgan fingerprint density at radius 3 is 2.47 bits per heavy atom. The molecule has 4 nitrogen and oxygen atoms in total. The lowest BCUT2D eigenvalue weighted by Crippen LogP contribution is -2.38. The van der Waals surface area contributed by atoms with Crippen LogP contribution in [0.4, 0.5) is 0 Å². The van der Waals surface area contributed by atoms with Gasteiger partial charge in [-0.25, -0.2) is 0 Å². The fourth-order valence-electron chi connectivity index (χ4n) is 0.864. The van der Waals surface area contributed by atoms with Gasteiger partial charge >= 0.3 is 0 Å². The summed E-state index contributed by atoms with van der Waals surface area (Å²) in [6, 6.07) is 0. The van der Waals surface area contributed by atoms with Gasteiger partial charge in [-0.05, 0) is 11.7 Å². The second kappa shape index (κ2) is 8.59. The number of carbonyl (C=O) groups excluding carboxylic acids is 2. The van der Waals surface area contributed by atoms with Crippen LogP contribution >= 0.6 is 12.6 Å². The molecule has 0 aliphatic carbocycles. The van der Waals surface area contributed by atoms with Gasteiger partial charge in [-0.1, -0.05) is 20.3 Å². The van der Waals surface area contributed by atoms with Crippen LogP contribution in [0.1, 0.15) is 26.7 Å². The maximum Gasteiger partial charge on any atom is 0.239 e. The van der Waals surface area contributed by atoms with Crippen LogP contribution in [0.3, 0.4) is 0 Å². The maximum atomic E-state index is 11.2. The molecule has 0 spiro atoms. The van der Waals surface area contributed by atoms with E-state index in [9.17, 15) is 9.59 Å². The first-order chi connectivity index (χ1) is 7.10. The third kappa shape index (κ3) is 8.30. The molecule has 0 aromatic carbocycles. The largest absolute Gasteiger partial charge is 0.354 e. The normalized spacial score (nSPS) is 11.9. The predicted molar refractivity (Wildman–Crippen MR) is 63.9 cm³/mol. The third-order valence-corrected chi connectivity index (χ3v) is 2.35. The molecule has 0 aliphatic heterocycles. The van der Waals surface area contributed by atoms with Gasteiger partial charge < -0.3 is 10.6 Å². The van der Waals surface area contributed by atoms with Crippen LogP contribution in [0.15, 0.2) is 0 Å². The third-order valence-electron chi connectivity index (χ3n) is 2.13. The first-order valence-corrected chi connectivity index (χ1v) is 5.87. The van der Waals surface area contributed by atoms with Crippen molar-refractivity contribution in [2.45, 2.75) is 26.7 Å². The monoisotopic (exact) mass is 232 g/mol. The van der Waals surface area contributed by atoms with Crippen molar-refractivity contribution in [1.29, 1.82) is 0 Å². The molecule has 0 aromatic heterocycles. The molecule has 0 saturated carbocycles. The highest BCUT2D eigenvalue weighted by Gasteiger charge is 2.05. The van der Waals surface area contributed by atoms with Gasteiger partial charge in [0.1, 0.15) is 0 Å². The van der Waals surface area contributed by atoms with Gasteiger partial charge in [-0.3, -0.25) is 9.59 Å². The van der Waals surface area contributed by atoms with E-state index in [1.807, 2.05) is 0 Å². The molecule has 0 saturated heterocycles. The van der Waals surface area contributed by atoms with Crippen LogP contribution in [0.5, 0.6) is 0 Å². The summed E-state index contributed by atoms with van der Waals surface area (Å²) in [5.74, 6) is 0.703. The molecule has 1 atom stereocenters. The van der Waals surface area contributed by atoms with Crippen molar-refractivity contribution in [3.63, 3.8) is 0 Å². The van der Waals surface area contributed by atoms with E-state index in [-0.39, 0.29) is 18.4 Å². The minimum atomic E-state index is -0.136. The van der Waals surface area contributed by atoms with E-state index in [2.05, 4.69) is 37.1 Å². The van der Waals surface area contributed by atoms with Gasteiger partial charge in [0.05, 0.1) is 6.54 Å². The summed E-state index contributed by atoms with van der Waals surface area (Å²) in [4.78, 5) is 22.2. The molecule has 15 heavy (non-hydrogen) atoms. The smallest absolute Gasteiger partial charge is 0.239 e. The zero-order valence-electron chi connectivity index (χ0n) is 9.38. The van der Waals surface area contributed by atoms with Crippen LogP contribution in [0.25, 0.3) is 0 Å². The number of hydrogen-bond donors (Lipinski definition) is 3. The van der Waals surface area contributed by atoms with Crippen molar-refractivity contribution in [2.24, 2.45) is 5.92 Å². The zero-order valence-corrected chi connectivity index (χ0v) is 10.3. The van der Waals surface area contributed by atoms with Crippen molar-refractivity contribution < 1.29 is 9.59 Å². The summed E-state index contributed by atoms with van der Waals surface area (Å²) in [6.07, 6.45) is 1.38. The summed E-state index contributed by atoms with van der Waals surface area (Å²) in [7, 11) is 0.